The van der Waals surface area contributed by atoms with Crippen LogP contribution in [0, 0.1) is 17.0 Å². The number of benzene rings is 1. The Hall–Kier alpha value is -3.02. The molecule has 1 aromatic carbocycles. The van der Waals surface area contributed by atoms with Crippen molar-refractivity contribution in [2.24, 2.45) is 5.41 Å². The number of hydrogen-bond donors (Lipinski definition) is 1. The Morgan fingerprint density at radius 2 is 1.78 bits per heavy atom. The van der Waals surface area contributed by atoms with Gasteiger partial charge in [-0.25, -0.2) is 17.8 Å². The number of pyridine rings is 1. The third kappa shape index (κ3) is 5.85. The highest BCUT2D eigenvalue weighted by molar-refractivity contribution is 7.95. The molecule has 3 heterocycles. The molecule has 0 radical (unpaired) electrons. The maximum Gasteiger partial charge on any atom is 0.316 e. The number of piperazine rings is 1. The highest BCUT2D eigenvalue weighted by Crippen LogP contribution is 2.45. The molecule has 0 spiro atoms. The first-order chi connectivity index (χ1) is 17.4. The van der Waals surface area contributed by atoms with E-state index in [2.05, 4.69) is 30.9 Å². The monoisotopic (exact) mass is 514 g/mol. The van der Waals surface area contributed by atoms with Gasteiger partial charge in [0.1, 0.15) is 17.3 Å². The zero-order valence-electron chi connectivity index (χ0n) is 20.0. The normalized spacial score (nSPS) is 17.2. The second kappa shape index (κ2) is 10.5. The second-order valence-corrected chi connectivity index (χ2v) is 10.5. The summed E-state index contributed by atoms with van der Waals surface area (Å²) in [6.07, 6.45) is 7.18. The van der Waals surface area contributed by atoms with Crippen LogP contribution in [0.15, 0.2) is 53.7 Å². The number of nitrogens with one attached hydrogen (secondary N) is 1. The van der Waals surface area contributed by atoms with Crippen molar-refractivity contribution >= 4 is 17.8 Å². The van der Waals surface area contributed by atoms with Gasteiger partial charge in [0.15, 0.2) is 0 Å². The molecule has 3 aromatic rings. The summed E-state index contributed by atoms with van der Waals surface area (Å²) in [7, 11) is 0. The molecule has 0 amide bonds. The number of aromatic nitrogens is 3. The molecule has 1 saturated heterocycles. The van der Waals surface area contributed by atoms with Crippen LogP contribution in [0.5, 0.6) is 5.75 Å². The largest absolute Gasteiger partial charge is 0.486 e. The van der Waals surface area contributed by atoms with Crippen LogP contribution in [0.4, 0.5) is 14.5 Å². The molecule has 11 heteroatoms. The lowest BCUT2D eigenvalue weighted by Crippen LogP contribution is -2.45. The molecule has 1 aliphatic heterocycles. The lowest BCUT2D eigenvalue weighted by Gasteiger charge is -2.35. The minimum absolute atomic E-state index is 0.0213. The van der Waals surface area contributed by atoms with E-state index in [4.69, 9.17) is 4.74 Å². The molecule has 5 rings (SSSR count). The summed E-state index contributed by atoms with van der Waals surface area (Å²) in [6.45, 7) is 6.14. The molecule has 0 bridgehead atoms. The second-order valence-electron chi connectivity index (χ2n) is 9.49. The molecule has 2 aliphatic rings. The van der Waals surface area contributed by atoms with Gasteiger partial charge in [0, 0.05) is 68.7 Å². The van der Waals surface area contributed by atoms with Crippen LogP contribution in [-0.4, -0.2) is 51.9 Å². The Labute approximate surface area is 212 Å². The fourth-order valence-corrected chi connectivity index (χ4v) is 4.73. The minimum Gasteiger partial charge on any atom is -0.486 e. The molecule has 36 heavy (non-hydrogen) atoms. The first-order valence-electron chi connectivity index (χ1n) is 11.9. The van der Waals surface area contributed by atoms with Crippen LogP contribution in [0.3, 0.4) is 0 Å². The summed E-state index contributed by atoms with van der Waals surface area (Å²) in [5, 5.41) is 4.24. The molecule has 1 saturated carbocycles. The van der Waals surface area contributed by atoms with Crippen molar-refractivity contribution in [3.05, 3.63) is 76.5 Å². The van der Waals surface area contributed by atoms with E-state index in [-0.39, 0.29) is 16.9 Å². The topological polar surface area (TPSA) is 75.5 Å². The number of rotatable bonds is 9. The van der Waals surface area contributed by atoms with Gasteiger partial charge in [-0.15, -0.1) is 0 Å². The smallest absolute Gasteiger partial charge is 0.316 e. The number of halogens is 2. The number of ether oxygens (including phenoxy) is 1. The van der Waals surface area contributed by atoms with Gasteiger partial charge in [-0.2, -0.15) is 9.78 Å². The molecule has 2 fully saturated rings. The Morgan fingerprint density at radius 1 is 1.08 bits per heavy atom. The van der Waals surface area contributed by atoms with Crippen molar-refractivity contribution in [1.82, 2.24) is 23.8 Å². The Kier molecular flexibility index (Phi) is 7.22. The molecule has 2 aromatic heterocycles. The predicted molar refractivity (Wildman–Crippen MR) is 135 cm³/mol. The maximum absolute atomic E-state index is 13.8. The number of anilines is 1. The zero-order chi connectivity index (χ0) is 25.1. The quantitative estimate of drug-likeness (QED) is 0.435. The number of nitrogens with zero attached hydrogens (tertiary/aromatic N) is 5. The molecule has 8 nitrogen and oxygen atoms in total. The van der Waals surface area contributed by atoms with Crippen LogP contribution in [-0.2, 0) is 6.54 Å². The van der Waals surface area contributed by atoms with Crippen molar-refractivity contribution in [1.29, 1.82) is 0 Å². The predicted octanol–water partition coefficient (Wildman–Crippen LogP) is 3.56. The van der Waals surface area contributed by atoms with Crippen LogP contribution in [0.2, 0.25) is 0 Å². The Morgan fingerprint density at radius 3 is 2.44 bits per heavy atom. The Bertz CT molecular complexity index is 1240. The van der Waals surface area contributed by atoms with E-state index in [1.165, 1.54) is 0 Å². The fraction of sp³-hybridized carbons (Fsp3) is 0.400. The van der Waals surface area contributed by atoms with Crippen molar-refractivity contribution in [3.8, 4) is 11.4 Å². The third-order valence-electron chi connectivity index (χ3n) is 6.47. The average molecular weight is 515 g/mol. The van der Waals surface area contributed by atoms with Crippen molar-refractivity contribution in [2.75, 3.05) is 37.7 Å². The van der Waals surface area contributed by atoms with Crippen LogP contribution in [0.25, 0.3) is 5.69 Å². The van der Waals surface area contributed by atoms with E-state index in [1.54, 1.807) is 30.7 Å². The van der Waals surface area contributed by atoms with Gasteiger partial charge in [0.05, 0.1) is 18.5 Å². The van der Waals surface area contributed by atoms with Gasteiger partial charge in [-0.1, -0.05) is 6.92 Å². The van der Waals surface area contributed by atoms with Crippen LogP contribution >= 0.6 is 12.1 Å². The summed E-state index contributed by atoms with van der Waals surface area (Å²) < 4.78 is 40.3. The van der Waals surface area contributed by atoms with Crippen molar-refractivity contribution < 1.29 is 13.5 Å². The van der Waals surface area contributed by atoms with Crippen LogP contribution < -0.4 is 19.9 Å². The van der Waals surface area contributed by atoms with E-state index in [0.29, 0.717) is 25.4 Å². The highest BCUT2D eigenvalue weighted by atomic mass is 32.2. The first-order valence-corrected chi connectivity index (χ1v) is 12.7. The van der Waals surface area contributed by atoms with Crippen molar-refractivity contribution in [2.45, 2.75) is 26.3 Å². The van der Waals surface area contributed by atoms with E-state index < -0.39 is 17.2 Å². The van der Waals surface area contributed by atoms with E-state index >= 15 is 0 Å². The van der Waals surface area contributed by atoms with Crippen LogP contribution in [0.1, 0.15) is 25.3 Å². The number of hydrogen-bond acceptors (Lipinski definition) is 8. The summed E-state index contributed by atoms with van der Waals surface area (Å²) in [5.74, 6) is -1.39. The van der Waals surface area contributed by atoms with Gasteiger partial charge in [-0.05, 0) is 42.7 Å². The summed E-state index contributed by atoms with van der Waals surface area (Å²) in [4.78, 5) is 19.5. The SMILES string of the molecule is CC1(COc2c(N3CCN(SNCc4ccncc4)CC3)cnn(-c3cc(F)cc(F)c3)c2=O)CC1. The maximum atomic E-state index is 13.8. The van der Waals surface area contributed by atoms with Gasteiger partial charge < -0.3 is 9.64 Å². The van der Waals surface area contributed by atoms with Gasteiger partial charge in [0.25, 0.3) is 0 Å². The van der Waals surface area contributed by atoms with E-state index in [9.17, 15) is 13.6 Å². The molecule has 0 unspecified atom stereocenters. The average Bonchev–Trinajstić information content (AvgIpc) is 3.61. The zero-order valence-corrected chi connectivity index (χ0v) is 20.8. The molecule has 190 valence electrons. The standard InChI is InChI=1S/C25H28F2N6O2S/c1-25(4-5-25)17-35-23-22(16-29-33(24(23)34)21-13-19(26)12-20(27)14-21)31-8-10-32(11-9-31)36-30-15-18-2-6-28-7-3-18/h2-3,6-7,12-14,16,30H,4-5,8-11,15,17H2,1H3. The molecule has 1 aliphatic carbocycles. The first kappa shape index (κ1) is 24.7. The highest BCUT2D eigenvalue weighted by Gasteiger charge is 2.39. The minimum atomic E-state index is -0.776. The molecule has 0 atom stereocenters. The lowest BCUT2D eigenvalue weighted by atomic mass is 10.2. The Balaban J connectivity index is 1.30. The summed E-state index contributed by atoms with van der Waals surface area (Å²) >= 11 is 1.57. The fourth-order valence-electron chi connectivity index (χ4n) is 3.97. The van der Waals surface area contributed by atoms with Crippen molar-refractivity contribution in [3.63, 3.8) is 0 Å². The summed E-state index contributed by atoms with van der Waals surface area (Å²) in [6, 6.07) is 6.87. The molecular formula is C25H28F2N6O2S. The third-order valence-corrected chi connectivity index (χ3v) is 7.37. The molecular weight excluding hydrogens is 486 g/mol. The van der Waals surface area contributed by atoms with Gasteiger partial charge >= 0.3 is 5.56 Å². The van der Waals surface area contributed by atoms with Gasteiger partial charge in [0.2, 0.25) is 5.75 Å². The lowest BCUT2D eigenvalue weighted by molar-refractivity contribution is 0.242. The van der Waals surface area contributed by atoms with E-state index in [1.807, 2.05) is 12.1 Å². The van der Waals surface area contributed by atoms with E-state index in [0.717, 1.165) is 60.9 Å². The molecule has 1 N–H and O–H groups in total. The van der Waals surface area contributed by atoms with Gasteiger partial charge in [-0.3, -0.25) is 9.78 Å². The summed E-state index contributed by atoms with van der Waals surface area (Å²) in [5.41, 5.74) is 1.31.